The molecule has 4 heteroatoms. The van der Waals surface area contributed by atoms with Gasteiger partial charge in [-0.05, 0) is 23.1 Å². The standard InChI is InChI=1S/C20H16N2OS/c23-20-16(8-4-9-17(20)15-6-2-1-3-7-15)14-22-12-11-18(21-22)19-10-5-13-24-19/h1-13,23H,14H2. The van der Waals surface area contributed by atoms with Crippen LogP contribution in [0.1, 0.15) is 5.56 Å². The van der Waals surface area contributed by atoms with Gasteiger partial charge in [-0.1, -0.05) is 54.6 Å². The third-order valence-electron chi connectivity index (χ3n) is 3.95. The molecule has 0 bridgehead atoms. The third kappa shape index (κ3) is 2.84. The smallest absolute Gasteiger partial charge is 0.128 e. The summed E-state index contributed by atoms with van der Waals surface area (Å²) in [5, 5.41) is 17.3. The summed E-state index contributed by atoms with van der Waals surface area (Å²) in [5.74, 6) is 0.317. The van der Waals surface area contributed by atoms with Crippen molar-refractivity contribution in [1.29, 1.82) is 0 Å². The number of phenolic OH excluding ortho intramolecular Hbond substituents is 1. The molecular formula is C20H16N2OS. The molecule has 24 heavy (non-hydrogen) atoms. The molecule has 118 valence electrons. The molecule has 0 amide bonds. The van der Waals surface area contributed by atoms with Gasteiger partial charge in [0.15, 0.2) is 0 Å². The number of hydrogen-bond acceptors (Lipinski definition) is 3. The number of aromatic hydroxyl groups is 1. The first-order valence-electron chi connectivity index (χ1n) is 7.75. The highest BCUT2D eigenvalue weighted by Crippen LogP contribution is 2.32. The first-order chi connectivity index (χ1) is 11.8. The minimum atomic E-state index is 0.317. The molecule has 0 aliphatic heterocycles. The van der Waals surface area contributed by atoms with Crippen molar-refractivity contribution in [2.45, 2.75) is 6.54 Å². The molecule has 0 aliphatic carbocycles. The second-order valence-corrected chi connectivity index (χ2v) is 6.50. The van der Waals surface area contributed by atoms with E-state index in [4.69, 9.17) is 0 Å². The molecule has 0 saturated carbocycles. The highest BCUT2D eigenvalue weighted by molar-refractivity contribution is 7.13. The van der Waals surface area contributed by atoms with Gasteiger partial charge >= 0.3 is 0 Å². The number of thiophene rings is 1. The Bertz CT molecular complexity index is 943. The van der Waals surface area contributed by atoms with E-state index in [1.54, 1.807) is 11.3 Å². The largest absolute Gasteiger partial charge is 0.507 e. The first-order valence-corrected chi connectivity index (χ1v) is 8.63. The number of aromatic nitrogens is 2. The molecule has 2 aromatic carbocycles. The van der Waals surface area contributed by atoms with Gasteiger partial charge < -0.3 is 5.11 Å². The van der Waals surface area contributed by atoms with Crippen molar-refractivity contribution in [2.24, 2.45) is 0 Å². The topological polar surface area (TPSA) is 38.0 Å². The van der Waals surface area contributed by atoms with Crippen molar-refractivity contribution in [3.8, 4) is 27.4 Å². The van der Waals surface area contributed by atoms with Gasteiger partial charge in [0.05, 0.1) is 11.4 Å². The van der Waals surface area contributed by atoms with Crippen LogP contribution >= 0.6 is 11.3 Å². The predicted octanol–water partition coefficient (Wildman–Crippen LogP) is 5.03. The molecule has 0 unspecified atom stereocenters. The lowest BCUT2D eigenvalue weighted by molar-refractivity contribution is 0.466. The fraction of sp³-hybridized carbons (Fsp3) is 0.0500. The van der Waals surface area contributed by atoms with Gasteiger partial charge in [-0.25, -0.2) is 0 Å². The van der Waals surface area contributed by atoms with Gasteiger partial charge in [-0.15, -0.1) is 11.3 Å². The van der Waals surface area contributed by atoms with Crippen molar-refractivity contribution in [1.82, 2.24) is 9.78 Å². The van der Waals surface area contributed by atoms with Crippen LogP contribution in [0, 0.1) is 0 Å². The summed E-state index contributed by atoms with van der Waals surface area (Å²) >= 11 is 1.67. The van der Waals surface area contributed by atoms with Crippen LogP contribution in [0.5, 0.6) is 5.75 Å². The van der Waals surface area contributed by atoms with Crippen LogP contribution in [0.2, 0.25) is 0 Å². The van der Waals surface area contributed by atoms with Crippen molar-refractivity contribution in [2.75, 3.05) is 0 Å². The monoisotopic (exact) mass is 332 g/mol. The van der Waals surface area contributed by atoms with Crippen molar-refractivity contribution < 1.29 is 5.11 Å². The van der Waals surface area contributed by atoms with Crippen LogP contribution in [-0.4, -0.2) is 14.9 Å². The second kappa shape index (κ2) is 6.34. The van der Waals surface area contributed by atoms with E-state index in [9.17, 15) is 5.11 Å². The van der Waals surface area contributed by atoms with Crippen molar-refractivity contribution >= 4 is 11.3 Å². The molecule has 0 aliphatic rings. The summed E-state index contributed by atoms with van der Waals surface area (Å²) in [4.78, 5) is 1.15. The van der Waals surface area contributed by atoms with Crippen molar-refractivity contribution in [3.05, 3.63) is 83.9 Å². The molecule has 4 rings (SSSR count). The van der Waals surface area contributed by atoms with Crippen LogP contribution in [0.15, 0.2) is 78.3 Å². The van der Waals surface area contributed by atoms with Crippen LogP contribution in [0.3, 0.4) is 0 Å². The van der Waals surface area contributed by atoms with Crippen LogP contribution in [0.25, 0.3) is 21.7 Å². The Morgan fingerprint density at radius 1 is 0.917 bits per heavy atom. The molecule has 0 radical (unpaired) electrons. The molecule has 2 aromatic heterocycles. The second-order valence-electron chi connectivity index (χ2n) is 5.56. The number of nitrogens with zero attached hydrogens (tertiary/aromatic N) is 2. The summed E-state index contributed by atoms with van der Waals surface area (Å²) in [6, 6.07) is 21.9. The van der Waals surface area contributed by atoms with Crippen LogP contribution < -0.4 is 0 Å². The average molecular weight is 332 g/mol. The van der Waals surface area contributed by atoms with Gasteiger partial charge in [0.2, 0.25) is 0 Å². The minimum absolute atomic E-state index is 0.317. The predicted molar refractivity (Wildman–Crippen MR) is 98.2 cm³/mol. The normalized spacial score (nSPS) is 10.8. The number of rotatable bonds is 4. The van der Waals surface area contributed by atoms with E-state index in [2.05, 4.69) is 11.2 Å². The Morgan fingerprint density at radius 3 is 2.58 bits per heavy atom. The maximum Gasteiger partial charge on any atom is 0.128 e. The fourth-order valence-corrected chi connectivity index (χ4v) is 3.44. The van der Waals surface area contributed by atoms with Gasteiger partial charge in [0, 0.05) is 17.3 Å². The van der Waals surface area contributed by atoms with E-state index in [0.29, 0.717) is 12.3 Å². The zero-order valence-electron chi connectivity index (χ0n) is 13.0. The van der Waals surface area contributed by atoms with E-state index < -0.39 is 0 Å². The lowest BCUT2D eigenvalue weighted by atomic mass is 10.0. The van der Waals surface area contributed by atoms with Gasteiger partial charge in [0.1, 0.15) is 11.4 Å². The highest BCUT2D eigenvalue weighted by Gasteiger charge is 2.10. The Morgan fingerprint density at radius 2 is 1.79 bits per heavy atom. The molecule has 2 heterocycles. The number of benzene rings is 2. The first kappa shape index (κ1) is 14.7. The molecule has 4 aromatic rings. The molecule has 0 fully saturated rings. The Kier molecular flexibility index (Phi) is 3.89. The third-order valence-corrected chi connectivity index (χ3v) is 4.84. The summed E-state index contributed by atoms with van der Waals surface area (Å²) in [5.41, 5.74) is 3.68. The zero-order valence-corrected chi connectivity index (χ0v) is 13.8. The quantitative estimate of drug-likeness (QED) is 0.569. The molecular weight excluding hydrogens is 316 g/mol. The Labute approximate surface area is 144 Å². The summed E-state index contributed by atoms with van der Waals surface area (Å²) < 4.78 is 1.86. The number of hydrogen-bond donors (Lipinski definition) is 1. The lowest BCUT2D eigenvalue weighted by Gasteiger charge is -2.10. The average Bonchev–Trinajstić information content (AvgIpc) is 3.29. The van der Waals surface area contributed by atoms with Crippen LogP contribution in [-0.2, 0) is 6.54 Å². The maximum atomic E-state index is 10.7. The van der Waals surface area contributed by atoms with E-state index in [1.807, 2.05) is 76.9 Å². The van der Waals surface area contributed by atoms with E-state index in [1.165, 1.54) is 0 Å². The van der Waals surface area contributed by atoms with Crippen LogP contribution in [0.4, 0.5) is 0 Å². The SMILES string of the molecule is Oc1c(Cn2ccc(-c3cccs3)n2)cccc1-c1ccccc1. The van der Waals surface area contributed by atoms with Gasteiger partial charge in [-0.2, -0.15) is 5.10 Å². The zero-order chi connectivity index (χ0) is 16.4. The molecule has 0 spiro atoms. The van der Waals surface area contributed by atoms with E-state index >= 15 is 0 Å². The maximum absolute atomic E-state index is 10.7. The number of phenols is 1. The number of para-hydroxylation sites is 1. The van der Waals surface area contributed by atoms with Gasteiger partial charge in [0.25, 0.3) is 0 Å². The Hall–Kier alpha value is -2.85. The molecule has 0 atom stereocenters. The van der Waals surface area contributed by atoms with E-state index in [0.717, 1.165) is 27.3 Å². The summed E-state index contributed by atoms with van der Waals surface area (Å²) in [6.45, 7) is 0.540. The highest BCUT2D eigenvalue weighted by atomic mass is 32.1. The van der Waals surface area contributed by atoms with Crippen molar-refractivity contribution in [3.63, 3.8) is 0 Å². The molecule has 1 N–H and O–H groups in total. The van der Waals surface area contributed by atoms with Gasteiger partial charge in [-0.3, -0.25) is 4.68 Å². The lowest BCUT2D eigenvalue weighted by Crippen LogP contribution is -2.01. The molecule has 3 nitrogen and oxygen atoms in total. The molecule has 0 saturated heterocycles. The summed E-state index contributed by atoms with van der Waals surface area (Å²) in [6.07, 6.45) is 1.95. The summed E-state index contributed by atoms with van der Waals surface area (Å²) in [7, 11) is 0. The van der Waals surface area contributed by atoms with E-state index in [-0.39, 0.29) is 0 Å². The fourth-order valence-electron chi connectivity index (χ4n) is 2.75. The Balaban J connectivity index is 1.64. The minimum Gasteiger partial charge on any atom is -0.507 e.